The summed E-state index contributed by atoms with van der Waals surface area (Å²) >= 11 is 1.40. The van der Waals surface area contributed by atoms with E-state index in [1.54, 1.807) is 12.3 Å². The summed E-state index contributed by atoms with van der Waals surface area (Å²) in [7, 11) is 2.09. The smallest absolute Gasteiger partial charge is 0.286 e. The molecule has 6 rings (SSSR count). The third-order valence-electron chi connectivity index (χ3n) is 7.06. The lowest BCUT2D eigenvalue weighted by Gasteiger charge is -2.34. The number of likely N-dealkylation sites (N-methyl/N-ethyl adjacent to an activating group) is 1. The number of fused-ring (bicyclic) bond motifs is 1. The van der Waals surface area contributed by atoms with Gasteiger partial charge in [0.1, 0.15) is 5.82 Å². The molecule has 0 spiro atoms. The van der Waals surface area contributed by atoms with E-state index < -0.39 is 0 Å². The molecule has 4 heterocycles. The van der Waals surface area contributed by atoms with Gasteiger partial charge in [-0.05, 0) is 71.9 Å². The average molecular weight is 518 g/mol. The summed E-state index contributed by atoms with van der Waals surface area (Å²) in [6.07, 6.45) is 3.62. The number of hydrogen-bond donors (Lipinski definition) is 0. The van der Waals surface area contributed by atoms with Crippen molar-refractivity contribution in [3.8, 4) is 11.1 Å². The molecule has 0 N–H and O–H groups in total. The monoisotopic (exact) mass is 517 g/mol. The largest absolute Gasteiger partial charge is 0.378 e. The van der Waals surface area contributed by atoms with Crippen LogP contribution in [0.1, 0.15) is 5.56 Å². The lowest BCUT2D eigenvalue weighted by atomic mass is 9.99. The summed E-state index contributed by atoms with van der Waals surface area (Å²) < 4.78 is 20.7. The Bertz CT molecular complexity index is 1410. The first-order valence-electron chi connectivity index (χ1n) is 12.5. The maximum absolute atomic E-state index is 15.3. The molecule has 37 heavy (non-hydrogen) atoms. The van der Waals surface area contributed by atoms with Gasteiger partial charge in [0.2, 0.25) is 0 Å². The van der Waals surface area contributed by atoms with Crippen molar-refractivity contribution in [3.05, 3.63) is 64.9 Å². The molecule has 190 valence electrons. The number of ether oxygens (including phenoxy) is 1. The van der Waals surface area contributed by atoms with Gasteiger partial charge < -0.3 is 19.4 Å². The van der Waals surface area contributed by atoms with Crippen LogP contribution in [0.3, 0.4) is 0 Å². The summed E-state index contributed by atoms with van der Waals surface area (Å²) in [6, 6.07) is 13.3. The van der Waals surface area contributed by atoms with Crippen LogP contribution < -0.4 is 4.90 Å². The molecule has 3 aliphatic rings. The number of pyridine rings is 1. The minimum Gasteiger partial charge on any atom is -0.378 e. The van der Waals surface area contributed by atoms with Crippen molar-refractivity contribution < 1.29 is 13.9 Å². The number of amides is 1. The highest BCUT2D eigenvalue weighted by atomic mass is 32.2. The maximum Gasteiger partial charge on any atom is 0.286 e. The predicted octanol–water partition coefficient (Wildman–Crippen LogP) is 4.10. The Morgan fingerprint density at radius 3 is 2.57 bits per heavy atom. The van der Waals surface area contributed by atoms with Crippen LogP contribution in [0.25, 0.3) is 28.1 Å². The second kappa shape index (κ2) is 10.2. The average Bonchev–Trinajstić information content (AvgIpc) is 3.29. The molecule has 0 bridgehead atoms. The van der Waals surface area contributed by atoms with Crippen molar-refractivity contribution in [2.24, 2.45) is 4.99 Å². The van der Waals surface area contributed by atoms with Crippen LogP contribution in [0, 0.1) is 5.82 Å². The number of hydrogen-bond acceptors (Lipinski definition) is 7. The molecular formula is C28H28FN5O2S. The van der Waals surface area contributed by atoms with Crippen LogP contribution >= 0.6 is 11.8 Å². The third kappa shape index (κ3) is 4.99. The molecule has 0 unspecified atom stereocenters. The molecule has 3 aromatic rings. The standard InChI is InChI=1S/C28H28FN5O2S/c1-32-8-10-33(11-9-32)25-5-3-20(18-23(25)29)21-6-7-30-24-4-2-19(16-22(21)24)17-26-27(35)31-28(37-26)34-12-14-36-15-13-34/h2-7,16-18H,8-15H2,1H3/b26-17-. The number of carbonyl (C=O) groups is 1. The highest BCUT2D eigenvalue weighted by Crippen LogP contribution is 2.34. The van der Waals surface area contributed by atoms with E-state index in [0.29, 0.717) is 23.8 Å². The van der Waals surface area contributed by atoms with Crippen molar-refractivity contribution in [1.82, 2.24) is 14.8 Å². The van der Waals surface area contributed by atoms with Gasteiger partial charge in [0.05, 0.1) is 29.3 Å². The van der Waals surface area contributed by atoms with Gasteiger partial charge in [0.25, 0.3) is 5.91 Å². The second-order valence-electron chi connectivity index (χ2n) is 9.50. The highest BCUT2D eigenvalue weighted by molar-refractivity contribution is 8.18. The highest BCUT2D eigenvalue weighted by Gasteiger charge is 2.27. The van der Waals surface area contributed by atoms with Crippen molar-refractivity contribution in [2.45, 2.75) is 0 Å². The fourth-order valence-electron chi connectivity index (χ4n) is 4.92. The van der Waals surface area contributed by atoms with Crippen LogP contribution in [0.4, 0.5) is 10.1 Å². The van der Waals surface area contributed by atoms with Crippen molar-refractivity contribution in [2.75, 3.05) is 64.4 Å². The molecule has 0 aliphatic carbocycles. The van der Waals surface area contributed by atoms with E-state index in [-0.39, 0.29) is 11.7 Å². The van der Waals surface area contributed by atoms with Gasteiger partial charge in [-0.15, -0.1) is 0 Å². The number of carbonyl (C=O) groups excluding carboxylic acids is 1. The molecule has 3 aliphatic heterocycles. The zero-order valence-electron chi connectivity index (χ0n) is 20.7. The van der Waals surface area contributed by atoms with E-state index in [4.69, 9.17) is 4.74 Å². The summed E-state index contributed by atoms with van der Waals surface area (Å²) in [6.45, 7) is 6.24. The zero-order valence-corrected chi connectivity index (χ0v) is 21.5. The minimum absolute atomic E-state index is 0.217. The second-order valence-corrected chi connectivity index (χ2v) is 10.5. The molecule has 0 saturated carbocycles. The number of benzene rings is 2. The van der Waals surface area contributed by atoms with Crippen molar-refractivity contribution in [1.29, 1.82) is 0 Å². The molecule has 0 radical (unpaired) electrons. The molecule has 2 fully saturated rings. The maximum atomic E-state index is 15.3. The van der Waals surface area contributed by atoms with Gasteiger partial charge >= 0.3 is 0 Å². The normalized spacial score (nSPS) is 20.2. The number of thioether (sulfide) groups is 1. The van der Waals surface area contributed by atoms with Crippen LogP contribution in [-0.4, -0.2) is 85.4 Å². The molecule has 7 nitrogen and oxygen atoms in total. The van der Waals surface area contributed by atoms with Gasteiger partial charge in [0.15, 0.2) is 5.17 Å². The number of halogens is 1. The fourth-order valence-corrected chi connectivity index (χ4v) is 5.89. The minimum atomic E-state index is -0.223. The summed E-state index contributed by atoms with van der Waals surface area (Å²) in [5.41, 5.74) is 4.06. The van der Waals surface area contributed by atoms with Crippen LogP contribution in [0.5, 0.6) is 0 Å². The van der Waals surface area contributed by atoms with Crippen molar-refractivity contribution in [3.63, 3.8) is 0 Å². The van der Waals surface area contributed by atoms with Crippen molar-refractivity contribution >= 4 is 45.5 Å². The Morgan fingerprint density at radius 2 is 1.78 bits per heavy atom. The van der Waals surface area contributed by atoms with E-state index in [9.17, 15) is 4.79 Å². The number of nitrogens with zero attached hydrogens (tertiary/aromatic N) is 5. The first kappa shape index (κ1) is 24.1. The van der Waals surface area contributed by atoms with E-state index in [1.807, 2.05) is 42.5 Å². The molecule has 2 aromatic carbocycles. The van der Waals surface area contributed by atoms with Gasteiger partial charge in [-0.1, -0.05) is 12.1 Å². The number of piperazine rings is 1. The molecule has 1 amide bonds. The third-order valence-corrected chi connectivity index (χ3v) is 8.10. The van der Waals surface area contributed by atoms with Gasteiger partial charge in [-0.25, -0.2) is 4.39 Å². The van der Waals surface area contributed by atoms with E-state index in [0.717, 1.165) is 72.0 Å². The lowest BCUT2D eigenvalue weighted by molar-refractivity contribution is -0.113. The Labute approximate surface area is 219 Å². The first-order chi connectivity index (χ1) is 18.0. The Kier molecular flexibility index (Phi) is 6.67. The number of morpholine rings is 1. The predicted molar refractivity (Wildman–Crippen MR) is 147 cm³/mol. The SMILES string of the molecule is CN1CCN(c2ccc(-c3ccnc4ccc(/C=C5\SC(N6CCOCC6)=NC5=O)cc34)cc2F)CC1. The topological polar surface area (TPSA) is 61.3 Å². The molecular weight excluding hydrogens is 489 g/mol. The van der Waals surface area contributed by atoms with E-state index >= 15 is 4.39 Å². The quantitative estimate of drug-likeness (QED) is 0.485. The number of amidine groups is 1. The van der Waals surface area contributed by atoms with Gasteiger partial charge in [0, 0.05) is 50.9 Å². The van der Waals surface area contributed by atoms with E-state index in [1.165, 1.54) is 11.8 Å². The lowest BCUT2D eigenvalue weighted by Crippen LogP contribution is -2.44. The molecule has 9 heteroatoms. The Hall–Kier alpha value is -3.27. The molecule has 1 aromatic heterocycles. The number of rotatable bonds is 3. The van der Waals surface area contributed by atoms with Crippen LogP contribution in [-0.2, 0) is 9.53 Å². The summed E-state index contributed by atoms with van der Waals surface area (Å²) in [5, 5.41) is 1.65. The molecule has 2 saturated heterocycles. The Balaban J connectivity index is 1.28. The number of anilines is 1. The fraction of sp³-hybridized carbons (Fsp3) is 0.321. The Morgan fingerprint density at radius 1 is 0.973 bits per heavy atom. The molecule has 0 atom stereocenters. The van der Waals surface area contributed by atoms with Gasteiger partial charge in [-0.3, -0.25) is 9.78 Å². The van der Waals surface area contributed by atoms with Gasteiger partial charge in [-0.2, -0.15) is 4.99 Å². The summed E-state index contributed by atoms with van der Waals surface area (Å²) in [5.74, 6) is -0.439. The number of aliphatic imine (C=N–C) groups is 1. The van der Waals surface area contributed by atoms with Crippen LogP contribution in [0.2, 0.25) is 0 Å². The van der Waals surface area contributed by atoms with Crippen LogP contribution in [0.15, 0.2) is 58.6 Å². The number of aromatic nitrogens is 1. The summed E-state index contributed by atoms with van der Waals surface area (Å²) in [4.78, 5) is 28.4. The van der Waals surface area contributed by atoms with E-state index in [2.05, 4.69) is 31.7 Å². The first-order valence-corrected chi connectivity index (χ1v) is 13.3. The zero-order chi connectivity index (χ0) is 25.4.